The summed E-state index contributed by atoms with van der Waals surface area (Å²) in [5.74, 6) is 0.438. The van der Waals surface area contributed by atoms with E-state index in [1.54, 1.807) is 0 Å². The van der Waals surface area contributed by atoms with Gasteiger partial charge in [0.25, 0.3) is 0 Å². The van der Waals surface area contributed by atoms with Crippen molar-refractivity contribution < 1.29 is 5.11 Å². The molecule has 0 saturated carbocycles. The second-order valence-electron chi connectivity index (χ2n) is 10.4. The topological polar surface area (TPSA) is 61.8 Å². The number of benzene rings is 3. The normalized spacial score (nSPS) is 23.0. The second kappa shape index (κ2) is 8.53. The van der Waals surface area contributed by atoms with Gasteiger partial charge >= 0.3 is 0 Å². The highest BCUT2D eigenvalue weighted by Gasteiger charge is 2.51. The molecule has 0 spiro atoms. The first-order chi connectivity index (χ1) is 17.5. The third-order valence-electron chi connectivity index (χ3n) is 8.32. The first-order valence-corrected chi connectivity index (χ1v) is 12.7. The van der Waals surface area contributed by atoms with Crippen molar-refractivity contribution in [3.05, 3.63) is 108 Å². The first-order valence-electron chi connectivity index (χ1n) is 12.7. The van der Waals surface area contributed by atoms with E-state index in [9.17, 15) is 10.4 Å². The van der Waals surface area contributed by atoms with Gasteiger partial charge in [-0.3, -0.25) is 0 Å². The Morgan fingerprint density at radius 2 is 1.61 bits per heavy atom. The number of aromatic nitrogens is 2. The van der Waals surface area contributed by atoms with Crippen LogP contribution in [-0.2, 0) is 11.8 Å². The minimum Gasteiger partial charge on any atom is -0.511 e. The van der Waals surface area contributed by atoms with Gasteiger partial charge in [-0.1, -0.05) is 86.6 Å². The molecule has 0 bridgehead atoms. The molecule has 0 aliphatic heterocycles. The van der Waals surface area contributed by atoms with Crippen LogP contribution in [0.4, 0.5) is 0 Å². The maximum absolute atomic E-state index is 10.8. The largest absolute Gasteiger partial charge is 0.511 e. The molecule has 3 aromatic carbocycles. The number of allylic oxidation sites excluding steroid dienone is 2. The smallest absolute Gasteiger partial charge is 0.109 e. The zero-order valence-electron chi connectivity index (χ0n) is 20.6. The predicted octanol–water partition coefficient (Wildman–Crippen LogP) is 7.40. The van der Waals surface area contributed by atoms with Crippen LogP contribution in [0.2, 0.25) is 0 Å². The number of fused-ring (bicyclic) bond motifs is 3. The number of nitriles is 1. The van der Waals surface area contributed by atoms with Crippen LogP contribution in [0.5, 0.6) is 0 Å². The summed E-state index contributed by atoms with van der Waals surface area (Å²) in [6.07, 6.45) is 2.39. The van der Waals surface area contributed by atoms with Gasteiger partial charge in [-0.05, 0) is 48.4 Å². The molecule has 3 atom stereocenters. The molecule has 0 radical (unpaired) electrons. The van der Waals surface area contributed by atoms with Crippen LogP contribution in [0.15, 0.2) is 96.3 Å². The van der Waals surface area contributed by atoms with Crippen LogP contribution in [0.1, 0.15) is 37.9 Å². The SMILES string of the molecule is C[C@H]1C(O)=C(C#N)C[C@@]2(C)c3c(c(-c4ccccc4)nn3-c3cccc(-c4ccccc4)c3)CC[C@H]12. The summed E-state index contributed by atoms with van der Waals surface area (Å²) in [7, 11) is 0. The fraction of sp³-hybridized carbons (Fsp3) is 0.250. The molecule has 178 valence electrons. The van der Waals surface area contributed by atoms with Gasteiger partial charge in [-0.2, -0.15) is 10.4 Å². The van der Waals surface area contributed by atoms with Crippen molar-refractivity contribution in [1.82, 2.24) is 9.78 Å². The Bertz CT molecular complexity index is 1510. The lowest BCUT2D eigenvalue weighted by Crippen LogP contribution is -2.45. The summed E-state index contributed by atoms with van der Waals surface area (Å²) in [5, 5.41) is 25.9. The number of hydrogen-bond donors (Lipinski definition) is 1. The van der Waals surface area contributed by atoms with Crippen LogP contribution in [0, 0.1) is 23.2 Å². The standard InChI is InChI=1S/C32H29N3O/c1-21-28-17-16-27-29(23-12-7-4-8-13-23)34-35(31(27)32(28,2)19-25(20-33)30(21)36)26-15-9-14-24(18-26)22-10-5-3-6-11-22/h3-15,18,21,28,36H,16-17,19H2,1-2H3/t21-,28-,32-/m1/s1. The summed E-state index contributed by atoms with van der Waals surface area (Å²) < 4.78 is 2.13. The van der Waals surface area contributed by atoms with Crippen LogP contribution in [0.3, 0.4) is 0 Å². The lowest BCUT2D eigenvalue weighted by atomic mass is 9.56. The number of hydrogen-bond acceptors (Lipinski definition) is 3. The fourth-order valence-electron chi connectivity index (χ4n) is 6.57. The van der Waals surface area contributed by atoms with E-state index in [0.29, 0.717) is 12.0 Å². The van der Waals surface area contributed by atoms with Crippen molar-refractivity contribution >= 4 is 0 Å². The van der Waals surface area contributed by atoms with Gasteiger partial charge < -0.3 is 5.11 Å². The molecule has 0 amide bonds. The van der Waals surface area contributed by atoms with E-state index in [1.807, 2.05) is 12.1 Å². The minimum absolute atomic E-state index is 0.0641. The van der Waals surface area contributed by atoms with E-state index in [1.165, 1.54) is 16.8 Å². The highest BCUT2D eigenvalue weighted by molar-refractivity contribution is 5.69. The first kappa shape index (κ1) is 22.4. The Morgan fingerprint density at radius 1 is 0.944 bits per heavy atom. The van der Waals surface area contributed by atoms with E-state index in [2.05, 4.69) is 97.4 Å². The molecule has 0 saturated heterocycles. The predicted molar refractivity (Wildman–Crippen MR) is 143 cm³/mol. The van der Waals surface area contributed by atoms with E-state index in [0.717, 1.165) is 35.3 Å². The van der Waals surface area contributed by atoms with E-state index < -0.39 is 0 Å². The van der Waals surface area contributed by atoms with Crippen molar-refractivity contribution in [1.29, 1.82) is 5.26 Å². The van der Waals surface area contributed by atoms with E-state index in [4.69, 9.17) is 5.10 Å². The maximum Gasteiger partial charge on any atom is 0.109 e. The Kier molecular flexibility index (Phi) is 5.30. The molecular weight excluding hydrogens is 442 g/mol. The van der Waals surface area contributed by atoms with Gasteiger partial charge in [0.2, 0.25) is 0 Å². The molecule has 2 aliphatic carbocycles. The van der Waals surface area contributed by atoms with Crippen molar-refractivity contribution in [2.24, 2.45) is 11.8 Å². The molecular formula is C32H29N3O. The third kappa shape index (κ3) is 3.38. The summed E-state index contributed by atoms with van der Waals surface area (Å²) in [6, 6.07) is 31.6. The monoisotopic (exact) mass is 471 g/mol. The highest BCUT2D eigenvalue weighted by atomic mass is 16.3. The van der Waals surface area contributed by atoms with Gasteiger partial charge in [0.15, 0.2) is 0 Å². The fourth-order valence-corrected chi connectivity index (χ4v) is 6.57. The summed E-state index contributed by atoms with van der Waals surface area (Å²) >= 11 is 0. The lowest BCUT2D eigenvalue weighted by molar-refractivity contribution is 0.134. The summed E-state index contributed by atoms with van der Waals surface area (Å²) in [4.78, 5) is 0. The molecule has 1 aromatic heterocycles. The van der Waals surface area contributed by atoms with Gasteiger partial charge in [-0.25, -0.2) is 4.68 Å². The Labute approximate surface area is 212 Å². The summed E-state index contributed by atoms with van der Waals surface area (Å²) in [5.41, 5.74) is 8.07. The number of aliphatic hydroxyl groups excluding tert-OH is 1. The van der Waals surface area contributed by atoms with Gasteiger partial charge in [0.05, 0.1) is 28.7 Å². The van der Waals surface area contributed by atoms with Crippen LogP contribution in [0.25, 0.3) is 28.1 Å². The van der Waals surface area contributed by atoms with Crippen LogP contribution in [-0.4, -0.2) is 14.9 Å². The molecule has 4 aromatic rings. The van der Waals surface area contributed by atoms with Crippen molar-refractivity contribution in [2.75, 3.05) is 0 Å². The molecule has 0 unspecified atom stereocenters. The number of aliphatic hydroxyl groups is 1. The molecule has 1 N–H and O–H groups in total. The minimum atomic E-state index is -0.312. The van der Waals surface area contributed by atoms with Gasteiger partial charge in [0.1, 0.15) is 5.76 Å². The van der Waals surface area contributed by atoms with Crippen molar-refractivity contribution in [3.63, 3.8) is 0 Å². The molecule has 2 aliphatic rings. The highest BCUT2D eigenvalue weighted by Crippen LogP contribution is 2.55. The summed E-state index contributed by atoms with van der Waals surface area (Å²) in [6.45, 7) is 4.33. The Morgan fingerprint density at radius 3 is 2.31 bits per heavy atom. The average Bonchev–Trinajstić information content (AvgIpc) is 3.33. The molecule has 36 heavy (non-hydrogen) atoms. The Hall–Kier alpha value is -4.10. The van der Waals surface area contributed by atoms with Gasteiger partial charge in [-0.15, -0.1) is 0 Å². The maximum atomic E-state index is 10.8. The number of rotatable bonds is 3. The molecule has 0 fully saturated rings. The second-order valence-corrected chi connectivity index (χ2v) is 10.4. The van der Waals surface area contributed by atoms with E-state index in [-0.39, 0.29) is 23.0 Å². The van der Waals surface area contributed by atoms with Crippen molar-refractivity contribution in [3.8, 4) is 34.1 Å². The van der Waals surface area contributed by atoms with Gasteiger partial charge in [0, 0.05) is 22.5 Å². The van der Waals surface area contributed by atoms with Crippen LogP contribution < -0.4 is 0 Å². The van der Waals surface area contributed by atoms with Crippen molar-refractivity contribution in [2.45, 2.75) is 38.5 Å². The third-order valence-corrected chi connectivity index (χ3v) is 8.32. The van der Waals surface area contributed by atoms with E-state index >= 15 is 0 Å². The van der Waals surface area contributed by atoms with Crippen LogP contribution >= 0.6 is 0 Å². The number of nitrogens with zero attached hydrogens (tertiary/aromatic N) is 3. The lowest BCUT2D eigenvalue weighted by Gasteiger charge is -2.47. The average molecular weight is 472 g/mol. The zero-order valence-corrected chi connectivity index (χ0v) is 20.6. The zero-order chi connectivity index (χ0) is 24.9. The molecule has 6 rings (SSSR count). The molecule has 4 nitrogen and oxygen atoms in total. The quantitative estimate of drug-likeness (QED) is 0.339. The molecule has 1 heterocycles. The molecule has 4 heteroatoms. The Balaban J connectivity index is 1.60.